The molecule has 3 rings (SSSR count). The largest absolute Gasteiger partial charge is 0.512 e. The van der Waals surface area contributed by atoms with E-state index in [4.69, 9.17) is 4.74 Å². The normalized spacial score (nSPS) is 23.0. The lowest BCUT2D eigenvalue weighted by Gasteiger charge is -2.35. The number of aryl methyl sites for hydroxylation is 3. The minimum absolute atomic E-state index is 0.121. The molecule has 1 aromatic carbocycles. The molecule has 1 aliphatic carbocycles. The molecule has 1 fully saturated rings. The van der Waals surface area contributed by atoms with Crippen molar-refractivity contribution in [3.63, 3.8) is 0 Å². The molecule has 3 heteroatoms. The molecular weight excluding hydrogens is 336 g/mol. The van der Waals surface area contributed by atoms with Gasteiger partial charge in [-0.15, -0.1) is 0 Å². The monoisotopic (exact) mass is 370 g/mol. The molecule has 2 aliphatic rings. The fraction of sp³-hybridized carbons (Fsp3) is 0.625. The summed E-state index contributed by atoms with van der Waals surface area (Å²) >= 11 is 0. The van der Waals surface area contributed by atoms with Crippen molar-refractivity contribution in [1.82, 2.24) is 0 Å². The minimum Gasteiger partial charge on any atom is -0.512 e. The summed E-state index contributed by atoms with van der Waals surface area (Å²) in [7, 11) is 0. The van der Waals surface area contributed by atoms with E-state index in [0.717, 1.165) is 44.5 Å². The molecular formula is C24H34O3. The number of hydrogen-bond acceptors (Lipinski definition) is 3. The molecule has 1 aromatic rings. The van der Waals surface area contributed by atoms with Crippen LogP contribution in [0, 0.1) is 24.7 Å². The molecule has 0 aromatic heterocycles. The Morgan fingerprint density at radius 3 is 2.19 bits per heavy atom. The second kappa shape index (κ2) is 8.60. The lowest BCUT2D eigenvalue weighted by molar-refractivity contribution is -0.116. The average Bonchev–Trinajstić information content (AvgIpc) is 2.67. The van der Waals surface area contributed by atoms with Gasteiger partial charge < -0.3 is 9.84 Å². The third-order valence-electron chi connectivity index (χ3n) is 6.68. The van der Waals surface area contributed by atoms with Crippen molar-refractivity contribution in [3.05, 3.63) is 40.1 Å². The summed E-state index contributed by atoms with van der Waals surface area (Å²) in [6, 6.07) is 4.33. The van der Waals surface area contributed by atoms with Crippen LogP contribution in [0.2, 0.25) is 0 Å². The summed E-state index contributed by atoms with van der Waals surface area (Å²) in [5.74, 6) is 1.71. The Labute approximate surface area is 163 Å². The molecule has 0 amide bonds. The van der Waals surface area contributed by atoms with Crippen LogP contribution in [0.1, 0.15) is 68.7 Å². The van der Waals surface area contributed by atoms with Crippen molar-refractivity contribution >= 4 is 11.4 Å². The first-order chi connectivity index (χ1) is 13.0. The van der Waals surface area contributed by atoms with Crippen LogP contribution < -0.4 is 0 Å². The first-order valence-electron chi connectivity index (χ1n) is 10.6. The topological polar surface area (TPSA) is 46.5 Å². The van der Waals surface area contributed by atoms with Gasteiger partial charge in [0.15, 0.2) is 5.78 Å². The summed E-state index contributed by atoms with van der Waals surface area (Å²) in [5.41, 5.74) is 5.18. The van der Waals surface area contributed by atoms with Gasteiger partial charge in [0.1, 0.15) is 5.76 Å². The molecule has 27 heavy (non-hydrogen) atoms. The van der Waals surface area contributed by atoms with Gasteiger partial charge in [0.2, 0.25) is 0 Å². The number of carbonyl (C=O) groups excluding carboxylic acids is 1. The summed E-state index contributed by atoms with van der Waals surface area (Å²) < 4.78 is 5.49. The lowest BCUT2D eigenvalue weighted by atomic mass is 9.71. The maximum absolute atomic E-state index is 13.2. The van der Waals surface area contributed by atoms with Gasteiger partial charge in [-0.05, 0) is 67.1 Å². The molecule has 2 atom stereocenters. The number of rotatable bonds is 5. The van der Waals surface area contributed by atoms with Crippen LogP contribution in [0.5, 0.6) is 0 Å². The van der Waals surface area contributed by atoms with Crippen molar-refractivity contribution < 1.29 is 14.6 Å². The Kier molecular flexibility index (Phi) is 6.41. The SMILES string of the molecule is CCc1cc(C)cc(CC)c1C1=C(O)CC(C(C)C2CCOCC2)CC1=O. The van der Waals surface area contributed by atoms with Gasteiger partial charge in [0.05, 0.1) is 5.57 Å². The van der Waals surface area contributed by atoms with Gasteiger partial charge >= 0.3 is 0 Å². The number of aliphatic hydroxyl groups excluding tert-OH is 1. The summed E-state index contributed by atoms with van der Waals surface area (Å²) in [5, 5.41) is 11.0. The second-order valence-corrected chi connectivity index (χ2v) is 8.39. The van der Waals surface area contributed by atoms with E-state index in [-0.39, 0.29) is 11.7 Å². The number of hydrogen-bond donors (Lipinski definition) is 1. The third-order valence-corrected chi connectivity index (χ3v) is 6.68. The Bertz CT molecular complexity index is 700. The molecule has 0 radical (unpaired) electrons. The van der Waals surface area contributed by atoms with Crippen LogP contribution in [0.4, 0.5) is 0 Å². The number of aliphatic hydroxyl groups is 1. The number of Topliss-reactive ketones (excluding diaryl/α,β-unsaturated/α-hetero) is 1. The standard InChI is InChI=1S/C24H34O3/c1-5-17-11-15(3)12-18(6-2)23(17)24-21(25)13-20(14-22(24)26)16(4)19-7-9-27-10-8-19/h11-12,16,19-20,25H,5-10,13-14H2,1-4H3. The molecule has 1 aliphatic heterocycles. The Hall–Kier alpha value is -1.61. The minimum atomic E-state index is 0.121. The Morgan fingerprint density at radius 2 is 1.67 bits per heavy atom. The number of benzene rings is 1. The highest BCUT2D eigenvalue weighted by Crippen LogP contribution is 2.41. The number of ether oxygens (including phenoxy) is 1. The van der Waals surface area contributed by atoms with Gasteiger partial charge in [-0.3, -0.25) is 4.79 Å². The first kappa shape index (κ1) is 20.1. The third kappa shape index (κ3) is 4.13. The fourth-order valence-corrected chi connectivity index (χ4v) is 5.03. The molecule has 1 heterocycles. The molecule has 148 valence electrons. The van der Waals surface area contributed by atoms with Gasteiger partial charge in [-0.25, -0.2) is 0 Å². The van der Waals surface area contributed by atoms with Crippen molar-refractivity contribution in [3.8, 4) is 0 Å². The second-order valence-electron chi connectivity index (χ2n) is 8.39. The van der Waals surface area contributed by atoms with Gasteiger partial charge in [0.25, 0.3) is 0 Å². The van der Waals surface area contributed by atoms with Crippen LogP contribution in [-0.4, -0.2) is 24.1 Å². The molecule has 1 N–H and O–H groups in total. The summed E-state index contributed by atoms with van der Waals surface area (Å²) in [6.45, 7) is 10.3. The molecule has 0 bridgehead atoms. The molecule has 0 saturated carbocycles. The zero-order chi connectivity index (χ0) is 19.6. The van der Waals surface area contributed by atoms with E-state index >= 15 is 0 Å². The first-order valence-corrected chi connectivity index (χ1v) is 10.6. The van der Waals surface area contributed by atoms with Crippen molar-refractivity contribution in [2.24, 2.45) is 17.8 Å². The zero-order valence-corrected chi connectivity index (χ0v) is 17.3. The van der Waals surface area contributed by atoms with E-state index in [0.29, 0.717) is 36.0 Å². The number of allylic oxidation sites excluding steroid dienone is 2. The maximum atomic E-state index is 13.2. The zero-order valence-electron chi connectivity index (χ0n) is 17.3. The summed E-state index contributed by atoms with van der Waals surface area (Å²) in [6.07, 6.45) is 5.06. The quantitative estimate of drug-likeness (QED) is 0.751. The fourth-order valence-electron chi connectivity index (χ4n) is 5.03. The van der Waals surface area contributed by atoms with Crippen LogP contribution in [0.15, 0.2) is 17.9 Å². The molecule has 3 nitrogen and oxygen atoms in total. The highest BCUT2D eigenvalue weighted by molar-refractivity contribution is 6.22. The predicted molar refractivity (Wildman–Crippen MR) is 110 cm³/mol. The van der Waals surface area contributed by atoms with E-state index in [9.17, 15) is 9.90 Å². The highest BCUT2D eigenvalue weighted by atomic mass is 16.5. The van der Waals surface area contributed by atoms with Crippen LogP contribution in [0.25, 0.3) is 5.57 Å². The maximum Gasteiger partial charge on any atom is 0.167 e. The number of ketones is 1. The Balaban J connectivity index is 1.93. The van der Waals surface area contributed by atoms with Crippen LogP contribution in [-0.2, 0) is 22.4 Å². The van der Waals surface area contributed by atoms with Crippen molar-refractivity contribution in [1.29, 1.82) is 0 Å². The van der Waals surface area contributed by atoms with E-state index in [1.165, 1.54) is 16.7 Å². The smallest absolute Gasteiger partial charge is 0.167 e. The van der Waals surface area contributed by atoms with E-state index in [2.05, 4.69) is 39.8 Å². The number of carbonyl (C=O) groups is 1. The lowest BCUT2D eigenvalue weighted by Crippen LogP contribution is -2.31. The van der Waals surface area contributed by atoms with Crippen molar-refractivity contribution in [2.45, 2.75) is 66.2 Å². The van der Waals surface area contributed by atoms with Gasteiger partial charge in [-0.1, -0.05) is 38.5 Å². The van der Waals surface area contributed by atoms with Crippen LogP contribution in [0.3, 0.4) is 0 Å². The van der Waals surface area contributed by atoms with Crippen molar-refractivity contribution in [2.75, 3.05) is 13.2 Å². The Morgan fingerprint density at radius 1 is 1.07 bits per heavy atom. The molecule has 0 spiro atoms. The predicted octanol–water partition coefficient (Wildman–Crippen LogP) is 5.43. The van der Waals surface area contributed by atoms with E-state index in [1.54, 1.807) is 0 Å². The highest BCUT2D eigenvalue weighted by Gasteiger charge is 2.36. The summed E-state index contributed by atoms with van der Waals surface area (Å²) in [4.78, 5) is 13.2. The van der Waals surface area contributed by atoms with Crippen LogP contribution >= 0.6 is 0 Å². The molecule has 2 unspecified atom stereocenters. The van der Waals surface area contributed by atoms with E-state index < -0.39 is 0 Å². The average molecular weight is 371 g/mol. The molecule has 1 saturated heterocycles. The van der Waals surface area contributed by atoms with Gasteiger partial charge in [-0.2, -0.15) is 0 Å². The van der Waals surface area contributed by atoms with E-state index in [1.807, 2.05) is 0 Å². The van der Waals surface area contributed by atoms with Gasteiger partial charge in [0, 0.05) is 26.1 Å².